The van der Waals surface area contributed by atoms with E-state index in [-0.39, 0.29) is 30.3 Å². The molecule has 0 N–H and O–H groups in total. The van der Waals surface area contributed by atoms with Crippen LogP contribution in [0.3, 0.4) is 0 Å². The number of ether oxygens (including phenoxy) is 1. The third kappa shape index (κ3) is 4.09. The lowest BCUT2D eigenvalue weighted by atomic mass is 9.54. The fraction of sp³-hybridized carbons (Fsp3) is 0.577. The van der Waals surface area contributed by atoms with Gasteiger partial charge >= 0.3 is 6.18 Å². The van der Waals surface area contributed by atoms with Crippen LogP contribution in [0, 0.1) is 38.5 Å². The molecule has 3 aliphatic carbocycles. The second kappa shape index (κ2) is 8.61. The molecule has 7 nitrogen and oxygen atoms in total. The van der Waals surface area contributed by atoms with E-state index in [0.29, 0.717) is 55.3 Å². The summed E-state index contributed by atoms with van der Waals surface area (Å²) in [6.45, 7) is 7.29. The quantitative estimate of drug-likeness (QED) is 0.502. The molecular weight excluding hydrogens is 469 g/mol. The summed E-state index contributed by atoms with van der Waals surface area (Å²) in [4.78, 5) is 25.4. The van der Waals surface area contributed by atoms with Gasteiger partial charge in [0.2, 0.25) is 5.95 Å². The first-order valence-electron chi connectivity index (χ1n) is 12.6. The molecule has 1 unspecified atom stereocenters. The van der Waals surface area contributed by atoms with Crippen molar-refractivity contribution in [3.63, 3.8) is 0 Å². The average molecular weight is 499 g/mol. The van der Waals surface area contributed by atoms with Crippen LogP contribution < -0.4 is 4.90 Å². The Morgan fingerprint density at radius 2 is 1.75 bits per heavy atom. The number of aryl methyl sites for hydroxylation is 3. The predicted octanol–water partition coefficient (Wildman–Crippen LogP) is 5.01. The van der Waals surface area contributed by atoms with Gasteiger partial charge in [0.1, 0.15) is 11.6 Å². The van der Waals surface area contributed by atoms with Crippen LogP contribution in [0.25, 0.3) is 11.2 Å². The summed E-state index contributed by atoms with van der Waals surface area (Å²) in [5.74, 6) is -1.18. The van der Waals surface area contributed by atoms with E-state index >= 15 is 0 Å². The third-order valence-electron chi connectivity index (χ3n) is 8.23. The highest BCUT2D eigenvalue weighted by Crippen LogP contribution is 2.59. The Kier molecular flexibility index (Phi) is 5.62. The molecule has 1 aliphatic heterocycles. The summed E-state index contributed by atoms with van der Waals surface area (Å²) >= 11 is 0. The fourth-order valence-electron chi connectivity index (χ4n) is 6.08. The first kappa shape index (κ1) is 23.5. The zero-order valence-electron chi connectivity index (χ0n) is 20.6. The minimum absolute atomic E-state index is 0.0566. The monoisotopic (exact) mass is 498 g/mol. The number of nitrogens with zero attached hydrogens (tertiary/aromatic N) is 6. The molecule has 2 bridgehead atoms. The van der Waals surface area contributed by atoms with Crippen molar-refractivity contribution in [1.29, 1.82) is 0 Å². The highest BCUT2D eigenvalue weighted by molar-refractivity contribution is 5.75. The summed E-state index contributed by atoms with van der Waals surface area (Å²) in [5, 5.41) is 0. The number of rotatable bonds is 3. The van der Waals surface area contributed by atoms with Crippen LogP contribution in [0.4, 0.5) is 19.1 Å². The van der Waals surface area contributed by atoms with E-state index in [1.54, 1.807) is 6.20 Å². The van der Waals surface area contributed by atoms with Crippen LogP contribution in [0.2, 0.25) is 0 Å². The van der Waals surface area contributed by atoms with Crippen molar-refractivity contribution in [2.75, 3.05) is 24.6 Å². The number of halogens is 3. The van der Waals surface area contributed by atoms with Gasteiger partial charge in [-0.15, -0.1) is 0 Å². The largest absolute Gasteiger partial charge is 0.392 e. The molecule has 3 aromatic heterocycles. The summed E-state index contributed by atoms with van der Waals surface area (Å²) in [5.41, 5.74) is 5.04. The van der Waals surface area contributed by atoms with Gasteiger partial charge in [0.05, 0.1) is 36.2 Å². The molecule has 10 heteroatoms. The first-order valence-corrected chi connectivity index (χ1v) is 12.6. The van der Waals surface area contributed by atoms with E-state index < -0.39 is 12.1 Å². The number of alkyl halides is 3. The highest BCUT2D eigenvalue weighted by Gasteiger charge is 2.56. The number of fused-ring (bicyclic) bond motifs is 3. The Morgan fingerprint density at radius 1 is 0.972 bits per heavy atom. The lowest BCUT2D eigenvalue weighted by Gasteiger charge is -2.51. The zero-order chi connectivity index (χ0) is 25.2. The minimum Gasteiger partial charge on any atom is -0.370 e. The van der Waals surface area contributed by atoms with Crippen molar-refractivity contribution in [3.05, 3.63) is 46.7 Å². The van der Waals surface area contributed by atoms with Gasteiger partial charge in [0.15, 0.2) is 5.65 Å². The van der Waals surface area contributed by atoms with Crippen molar-refractivity contribution in [2.45, 2.75) is 58.2 Å². The van der Waals surface area contributed by atoms with Crippen molar-refractivity contribution in [1.82, 2.24) is 24.9 Å². The fourth-order valence-corrected chi connectivity index (χ4v) is 6.08. The van der Waals surface area contributed by atoms with Gasteiger partial charge in [-0.25, -0.2) is 15.0 Å². The predicted molar refractivity (Wildman–Crippen MR) is 128 cm³/mol. The number of anilines is 1. The van der Waals surface area contributed by atoms with Crippen molar-refractivity contribution in [3.8, 4) is 0 Å². The summed E-state index contributed by atoms with van der Waals surface area (Å²) in [6.07, 6.45) is -1.36. The molecular formula is C26H29F3N6O. The Balaban J connectivity index is 1.40. The Morgan fingerprint density at radius 3 is 2.50 bits per heavy atom. The van der Waals surface area contributed by atoms with E-state index in [2.05, 4.69) is 14.9 Å². The van der Waals surface area contributed by atoms with Crippen molar-refractivity contribution < 1.29 is 17.9 Å². The van der Waals surface area contributed by atoms with Gasteiger partial charge in [-0.3, -0.25) is 4.98 Å². The van der Waals surface area contributed by atoms with E-state index in [9.17, 15) is 13.2 Å². The van der Waals surface area contributed by atoms with Gasteiger partial charge in [-0.2, -0.15) is 18.2 Å². The summed E-state index contributed by atoms with van der Waals surface area (Å²) < 4.78 is 47.6. The molecule has 0 spiro atoms. The van der Waals surface area contributed by atoms with Crippen molar-refractivity contribution >= 4 is 17.1 Å². The Hall–Kier alpha value is -2.88. The van der Waals surface area contributed by atoms with Gasteiger partial charge < -0.3 is 9.64 Å². The van der Waals surface area contributed by atoms with Crippen LogP contribution in [0.1, 0.15) is 59.6 Å². The molecule has 4 heterocycles. The van der Waals surface area contributed by atoms with Crippen LogP contribution in [0.15, 0.2) is 18.3 Å². The Labute approximate surface area is 207 Å². The highest BCUT2D eigenvalue weighted by atomic mass is 19.4. The maximum Gasteiger partial charge on any atom is 0.392 e. The van der Waals surface area contributed by atoms with Crippen LogP contribution in [0.5, 0.6) is 0 Å². The number of aromatic nitrogens is 5. The molecule has 36 heavy (non-hydrogen) atoms. The molecule has 4 fully saturated rings. The van der Waals surface area contributed by atoms with Gasteiger partial charge in [0, 0.05) is 24.4 Å². The minimum atomic E-state index is -4.20. The van der Waals surface area contributed by atoms with Gasteiger partial charge in [-0.05, 0) is 69.6 Å². The van der Waals surface area contributed by atoms with E-state index in [4.69, 9.17) is 19.7 Å². The van der Waals surface area contributed by atoms with Gasteiger partial charge in [-0.1, -0.05) is 0 Å². The SMILES string of the molecule is Cc1cc([C@H]2CN(c3nc(C4C[C@@H](C(F)(F)F)C5CC4C5)c4nc(C)c(C)nc4n3)CCO2)ccn1. The topological polar surface area (TPSA) is 76.9 Å². The second-order valence-corrected chi connectivity index (χ2v) is 10.5. The van der Waals surface area contributed by atoms with E-state index in [1.165, 1.54) is 0 Å². The van der Waals surface area contributed by atoms with Crippen LogP contribution in [-0.4, -0.2) is 50.8 Å². The molecule has 0 radical (unpaired) electrons. The van der Waals surface area contributed by atoms with E-state index in [1.807, 2.05) is 32.9 Å². The summed E-state index contributed by atoms with van der Waals surface area (Å²) in [6, 6.07) is 3.95. The molecule has 3 saturated carbocycles. The molecule has 0 aromatic carbocycles. The molecule has 3 atom stereocenters. The third-order valence-corrected chi connectivity index (χ3v) is 8.23. The molecule has 3 aromatic rings. The number of morpholine rings is 1. The lowest BCUT2D eigenvalue weighted by molar-refractivity contribution is -0.219. The number of hydrogen-bond acceptors (Lipinski definition) is 7. The van der Waals surface area contributed by atoms with Gasteiger partial charge in [0.25, 0.3) is 0 Å². The first-order chi connectivity index (χ1) is 17.2. The number of hydrogen-bond donors (Lipinski definition) is 0. The van der Waals surface area contributed by atoms with E-state index in [0.717, 1.165) is 22.6 Å². The normalized spacial score (nSPS) is 28.3. The maximum atomic E-state index is 13.9. The zero-order valence-corrected chi connectivity index (χ0v) is 20.6. The average Bonchev–Trinajstić information content (AvgIpc) is 2.83. The summed E-state index contributed by atoms with van der Waals surface area (Å²) in [7, 11) is 0. The molecule has 0 amide bonds. The standard InChI is InChI=1S/C26H29F3N6O/c1-13-8-16(4-5-30-13)21-12-35(6-7-36-21)25-33-22(23-24(34-25)32-15(3)14(2)31-23)19-11-20(26(27,28)29)18-9-17(19)10-18/h4-5,8,17-21H,6-7,9-12H2,1-3H3/t17?,18?,19?,20-,21-/m1/s1. The number of pyridine rings is 1. The molecule has 190 valence electrons. The van der Waals surface area contributed by atoms with Crippen molar-refractivity contribution in [2.24, 2.45) is 17.8 Å². The molecule has 4 aliphatic rings. The maximum absolute atomic E-state index is 13.9. The second-order valence-electron chi connectivity index (χ2n) is 10.5. The Bertz CT molecular complexity index is 1310. The lowest BCUT2D eigenvalue weighted by Crippen LogP contribution is -2.47. The molecule has 1 saturated heterocycles. The molecule has 7 rings (SSSR count). The smallest absolute Gasteiger partial charge is 0.370 e. The van der Waals surface area contributed by atoms with Crippen LogP contribution in [-0.2, 0) is 4.74 Å². The van der Waals surface area contributed by atoms with Crippen LogP contribution >= 0.6 is 0 Å².